The first-order valence-electron chi connectivity index (χ1n) is 7.26. The maximum absolute atomic E-state index is 12.6. The normalized spacial score (nSPS) is 17.9. The van der Waals surface area contributed by atoms with Crippen molar-refractivity contribution in [3.8, 4) is 11.3 Å². The second kappa shape index (κ2) is 7.72. The highest BCUT2D eigenvalue weighted by Gasteiger charge is 2.24. The van der Waals surface area contributed by atoms with Gasteiger partial charge in [0.15, 0.2) is 0 Å². The summed E-state index contributed by atoms with van der Waals surface area (Å²) in [6, 6.07) is 12.3. The molecule has 1 N–H and O–H groups in total. The number of halogens is 1. The summed E-state index contributed by atoms with van der Waals surface area (Å²) in [5.74, 6) is 0.106. The zero-order chi connectivity index (χ0) is 14.7. The molecular weight excluding hydrogens is 318 g/mol. The molecule has 1 atom stereocenters. The number of rotatable bonds is 3. The van der Waals surface area contributed by atoms with E-state index in [1.807, 2.05) is 48.3 Å². The maximum atomic E-state index is 12.6. The largest absolute Gasteiger partial charge is 0.336 e. The van der Waals surface area contributed by atoms with Crippen molar-refractivity contribution in [3.63, 3.8) is 0 Å². The van der Waals surface area contributed by atoms with Gasteiger partial charge in [0.1, 0.15) is 4.88 Å². The zero-order valence-electron chi connectivity index (χ0n) is 12.5. The van der Waals surface area contributed by atoms with Crippen LogP contribution in [0.15, 0.2) is 36.4 Å². The van der Waals surface area contributed by atoms with Gasteiger partial charge in [-0.05, 0) is 37.5 Å². The third-order valence-electron chi connectivity index (χ3n) is 3.91. The maximum Gasteiger partial charge on any atom is 0.265 e. The van der Waals surface area contributed by atoms with Gasteiger partial charge in [0.25, 0.3) is 5.91 Å². The molecule has 0 aliphatic carbocycles. The molecule has 1 aliphatic rings. The molecule has 1 aliphatic heterocycles. The van der Waals surface area contributed by atoms with E-state index < -0.39 is 0 Å². The Labute approximate surface area is 141 Å². The Bertz CT molecular complexity index is 617. The molecule has 2 heterocycles. The first kappa shape index (κ1) is 16.9. The van der Waals surface area contributed by atoms with E-state index in [0.717, 1.165) is 42.1 Å². The number of amides is 1. The van der Waals surface area contributed by atoms with Crippen LogP contribution < -0.4 is 5.32 Å². The van der Waals surface area contributed by atoms with Gasteiger partial charge in [0, 0.05) is 24.7 Å². The molecule has 1 saturated heterocycles. The lowest BCUT2D eigenvalue weighted by atomic mass is 10.1. The summed E-state index contributed by atoms with van der Waals surface area (Å²) in [5.41, 5.74) is 1.94. The minimum Gasteiger partial charge on any atom is -0.336 e. The third-order valence-corrected chi connectivity index (χ3v) is 4.68. The van der Waals surface area contributed by atoms with Crippen LogP contribution in [0.1, 0.15) is 22.5 Å². The Hall–Kier alpha value is -1.43. The van der Waals surface area contributed by atoms with Crippen LogP contribution in [0.5, 0.6) is 0 Å². The summed E-state index contributed by atoms with van der Waals surface area (Å²) in [7, 11) is 1.96. The summed E-state index contributed by atoms with van der Waals surface area (Å²) in [6.07, 6.45) is 2.19. The summed E-state index contributed by atoms with van der Waals surface area (Å²) in [5, 5.41) is 3.27. The lowest BCUT2D eigenvalue weighted by Gasteiger charge is -2.32. The van der Waals surface area contributed by atoms with Gasteiger partial charge >= 0.3 is 0 Å². The molecule has 0 bridgehead atoms. The lowest BCUT2D eigenvalue weighted by molar-refractivity contribution is 0.0703. The number of nitrogens with zero attached hydrogens (tertiary/aromatic N) is 2. The number of likely N-dealkylation sites (tertiary alicyclic amines) is 1. The van der Waals surface area contributed by atoms with Crippen molar-refractivity contribution < 1.29 is 4.79 Å². The monoisotopic (exact) mass is 337 g/mol. The van der Waals surface area contributed by atoms with Crippen molar-refractivity contribution >= 4 is 29.8 Å². The summed E-state index contributed by atoms with van der Waals surface area (Å²) in [6.45, 7) is 1.63. The minimum absolute atomic E-state index is 0. The van der Waals surface area contributed by atoms with E-state index in [2.05, 4.69) is 9.69 Å². The highest BCUT2D eigenvalue weighted by molar-refractivity contribution is 7.08. The van der Waals surface area contributed by atoms with Crippen molar-refractivity contribution in [2.24, 2.45) is 0 Å². The number of nitrogens with one attached hydrogen (secondary N) is 1. The molecule has 1 fully saturated rings. The van der Waals surface area contributed by atoms with E-state index in [-0.39, 0.29) is 18.3 Å². The first-order chi connectivity index (χ1) is 10.3. The number of hydrogen-bond donors (Lipinski definition) is 1. The highest BCUT2D eigenvalue weighted by atomic mass is 35.5. The number of piperidine rings is 1. The van der Waals surface area contributed by atoms with Crippen LogP contribution in [0, 0.1) is 0 Å². The van der Waals surface area contributed by atoms with Gasteiger partial charge < -0.3 is 10.2 Å². The molecule has 118 valence electrons. The van der Waals surface area contributed by atoms with E-state index in [1.165, 1.54) is 11.5 Å². The smallest absolute Gasteiger partial charge is 0.265 e. The number of likely N-dealkylation sites (N-methyl/N-ethyl adjacent to an activating group) is 1. The van der Waals surface area contributed by atoms with Crippen LogP contribution in [-0.2, 0) is 0 Å². The van der Waals surface area contributed by atoms with Crippen molar-refractivity contribution in [1.29, 1.82) is 0 Å². The molecule has 1 aromatic heterocycles. The third kappa shape index (κ3) is 3.66. The quantitative estimate of drug-likeness (QED) is 0.936. The van der Waals surface area contributed by atoms with Gasteiger partial charge in [0.2, 0.25) is 0 Å². The average Bonchev–Trinajstić information content (AvgIpc) is 3.05. The van der Waals surface area contributed by atoms with E-state index >= 15 is 0 Å². The predicted molar refractivity (Wildman–Crippen MR) is 92.8 cm³/mol. The molecule has 1 amide bonds. The molecular formula is C16H20ClN3OS. The van der Waals surface area contributed by atoms with Gasteiger partial charge in [-0.2, -0.15) is 4.37 Å². The van der Waals surface area contributed by atoms with Gasteiger partial charge in [-0.25, -0.2) is 0 Å². The Morgan fingerprint density at radius 1 is 1.36 bits per heavy atom. The second-order valence-corrected chi connectivity index (χ2v) is 6.13. The van der Waals surface area contributed by atoms with Gasteiger partial charge in [0.05, 0.1) is 5.69 Å². The number of benzene rings is 1. The number of hydrogen-bond acceptors (Lipinski definition) is 4. The number of carbonyl (C=O) groups is 1. The van der Waals surface area contributed by atoms with Crippen LogP contribution in [0.25, 0.3) is 11.3 Å². The first-order valence-corrected chi connectivity index (χ1v) is 8.04. The van der Waals surface area contributed by atoms with Crippen molar-refractivity contribution in [2.75, 3.05) is 20.1 Å². The molecule has 1 unspecified atom stereocenters. The van der Waals surface area contributed by atoms with Gasteiger partial charge in [-0.1, -0.05) is 30.3 Å². The van der Waals surface area contributed by atoms with Crippen molar-refractivity contribution in [2.45, 2.75) is 18.9 Å². The minimum atomic E-state index is 0. The van der Waals surface area contributed by atoms with Crippen LogP contribution in [0.4, 0.5) is 0 Å². The Balaban J connectivity index is 0.00000176. The summed E-state index contributed by atoms with van der Waals surface area (Å²) < 4.78 is 4.42. The van der Waals surface area contributed by atoms with Crippen LogP contribution in [-0.4, -0.2) is 41.4 Å². The molecule has 6 heteroatoms. The second-order valence-electron chi connectivity index (χ2n) is 5.32. The SMILES string of the molecule is CNC1CCCN(C(=O)c2cc(-c3ccccc3)ns2)C1.Cl. The number of aromatic nitrogens is 1. The highest BCUT2D eigenvalue weighted by Crippen LogP contribution is 2.23. The fraction of sp³-hybridized carbons (Fsp3) is 0.375. The van der Waals surface area contributed by atoms with E-state index in [9.17, 15) is 4.79 Å². The Morgan fingerprint density at radius 2 is 2.14 bits per heavy atom. The standard InChI is InChI=1S/C16H19N3OS.ClH/c1-17-13-8-5-9-19(11-13)16(20)15-10-14(18-21-15)12-6-3-2-4-7-12;/h2-4,6-7,10,13,17H,5,8-9,11H2,1H3;1H. The lowest BCUT2D eigenvalue weighted by Crippen LogP contribution is -2.46. The average molecular weight is 338 g/mol. The predicted octanol–water partition coefficient (Wildman–Crippen LogP) is 3.06. The number of carbonyl (C=O) groups excluding carboxylic acids is 1. The van der Waals surface area contributed by atoms with E-state index in [1.54, 1.807) is 0 Å². The topological polar surface area (TPSA) is 45.2 Å². The summed E-state index contributed by atoms with van der Waals surface area (Å²) >= 11 is 1.29. The van der Waals surface area contributed by atoms with Crippen molar-refractivity contribution in [1.82, 2.24) is 14.6 Å². The molecule has 4 nitrogen and oxygen atoms in total. The molecule has 0 spiro atoms. The fourth-order valence-corrected chi connectivity index (χ4v) is 3.40. The molecule has 2 aromatic rings. The fourth-order valence-electron chi connectivity index (χ4n) is 2.67. The van der Waals surface area contributed by atoms with Crippen LogP contribution in [0.2, 0.25) is 0 Å². The molecule has 1 aromatic carbocycles. The molecule has 3 rings (SSSR count). The zero-order valence-corrected chi connectivity index (χ0v) is 14.1. The van der Waals surface area contributed by atoms with Crippen LogP contribution in [0.3, 0.4) is 0 Å². The van der Waals surface area contributed by atoms with Gasteiger partial charge in [-0.3, -0.25) is 4.79 Å². The Kier molecular flexibility index (Phi) is 5.94. The molecule has 0 radical (unpaired) electrons. The van der Waals surface area contributed by atoms with Gasteiger partial charge in [-0.15, -0.1) is 12.4 Å². The van der Waals surface area contributed by atoms with E-state index in [4.69, 9.17) is 0 Å². The summed E-state index contributed by atoms with van der Waals surface area (Å²) in [4.78, 5) is 15.2. The van der Waals surface area contributed by atoms with E-state index in [0.29, 0.717) is 6.04 Å². The Morgan fingerprint density at radius 3 is 2.86 bits per heavy atom. The van der Waals surface area contributed by atoms with Crippen LogP contribution >= 0.6 is 23.9 Å². The molecule has 22 heavy (non-hydrogen) atoms. The van der Waals surface area contributed by atoms with Crippen molar-refractivity contribution in [3.05, 3.63) is 41.3 Å². The molecule has 0 saturated carbocycles.